The molecule has 0 aliphatic carbocycles. The van der Waals surface area contributed by atoms with Crippen LogP contribution in [0.1, 0.15) is 40.2 Å². The van der Waals surface area contributed by atoms with Gasteiger partial charge in [-0.25, -0.2) is 13.1 Å². The van der Waals surface area contributed by atoms with Gasteiger partial charge in [0.15, 0.2) is 5.78 Å². The molecule has 2 heterocycles. The van der Waals surface area contributed by atoms with E-state index in [1.165, 1.54) is 11.8 Å². The third-order valence-corrected chi connectivity index (χ3v) is 6.32. The third kappa shape index (κ3) is 5.56. The Balaban J connectivity index is 1.69. The molecule has 1 aromatic carbocycles. The molecule has 0 amide bonds. The number of nitrogens with zero attached hydrogens (tertiary/aromatic N) is 2. The Kier molecular flexibility index (Phi) is 6.61. The largest absolute Gasteiger partial charge is 0.318 e. The monoisotopic (exact) mass is 417 g/mol. The van der Waals surface area contributed by atoms with Crippen molar-refractivity contribution in [1.82, 2.24) is 14.2 Å². The van der Waals surface area contributed by atoms with Crippen LogP contribution in [0.5, 0.6) is 0 Å². The Morgan fingerprint density at radius 1 is 1.17 bits per heavy atom. The lowest BCUT2D eigenvalue weighted by Gasteiger charge is -2.32. The average molecular weight is 418 g/mol. The quantitative estimate of drug-likeness (QED) is 0.703. The number of piperidine rings is 1. The molecular weight excluding hydrogens is 386 g/mol. The smallest absolute Gasteiger partial charge is 0.208 e. The molecule has 3 rings (SSSR count). The fourth-order valence-electron chi connectivity index (χ4n) is 4.16. The maximum atomic E-state index is 13.0. The van der Waals surface area contributed by atoms with Crippen LogP contribution in [-0.2, 0) is 10.0 Å². The minimum Gasteiger partial charge on any atom is -0.318 e. The van der Waals surface area contributed by atoms with E-state index in [0.717, 1.165) is 48.6 Å². The van der Waals surface area contributed by atoms with E-state index in [9.17, 15) is 13.2 Å². The number of Topliss-reactive ketones (excluding diaryl/α,β-unsaturated/α-hetero) is 1. The normalized spacial score (nSPS) is 18.1. The molecule has 2 aromatic rings. The first-order valence-corrected chi connectivity index (χ1v) is 12.0. The van der Waals surface area contributed by atoms with Crippen LogP contribution in [0.3, 0.4) is 0 Å². The first-order chi connectivity index (χ1) is 13.6. The fraction of sp³-hybridized carbons (Fsp3) is 0.500. The van der Waals surface area contributed by atoms with Gasteiger partial charge >= 0.3 is 0 Å². The highest BCUT2D eigenvalue weighted by Gasteiger charge is 2.24. The molecule has 1 aliphatic heterocycles. The van der Waals surface area contributed by atoms with Gasteiger partial charge in [-0.2, -0.15) is 0 Å². The van der Waals surface area contributed by atoms with Gasteiger partial charge in [-0.05, 0) is 64.3 Å². The molecule has 7 heteroatoms. The number of ketones is 1. The molecule has 29 heavy (non-hydrogen) atoms. The van der Waals surface area contributed by atoms with Crippen LogP contribution in [0.2, 0.25) is 0 Å². The second-order valence-corrected chi connectivity index (χ2v) is 10.1. The van der Waals surface area contributed by atoms with E-state index in [1.54, 1.807) is 0 Å². The maximum Gasteiger partial charge on any atom is 0.208 e. The van der Waals surface area contributed by atoms with Crippen molar-refractivity contribution in [2.75, 3.05) is 32.4 Å². The van der Waals surface area contributed by atoms with Crippen LogP contribution in [0.25, 0.3) is 5.69 Å². The summed E-state index contributed by atoms with van der Waals surface area (Å²) in [5, 5.41) is 0. The predicted molar refractivity (Wildman–Crippen MR) is 116 cm³/mol. The number of aromatic nitrogens is 1. The van der Waals surface area contributed by atoms with E-state index in [1.807, 2.05) is 19.9 Å². The first-order valence-electron chi connectivity index (χ1n) is 10.1. The summed E-state index contributed by atoms with van der Waals surface area (Å²) in [6.07, 6.45) is 3.14. The SMILES string of the molecule is Cc1ccc(-n2c(C)cc(C(=O)CN3CCCC(CNS(C)(=O)=O)C3)c2C)cc1. The van der Waals surface area contributed by atoms with Crippen molar-refractivity contribution in [3.8, 4) is 5.69 Å². The van der Waals surface area contributed by atoms with Gasteiger partial charge in [-0.3, -0.25) is 9.69 Å². The Morgan fingerprint density at radius 2 is 1.86 bits per heavy atom. The Hall–Kier alpha value is -1.96. The standard InChI is InChI=1S/C22H31N3O3S/c1-16-7-9-20(10-8-16)25-17(2)12-21(18(25)3)22(26)15-24-11-5-6-19(14-24)13-23-29(4,27)28/h7-10,12,19,23H,5-6,11,13-15H2,1-4H3. The van der Waals surface area contributed by atoms with Crippen molar-refractivity contribution >= 4 is 15.8 Å². The summed E-state index contributed by atoms with van der Waals surface area (Å²) in [5.74, 6) is 0.361. The number of benzene rings is 1. The van der Waals surface area contributed by atoms with Gasteiger partial charge in [-0.1, -0.05) is 17.7 Å². The number of hydrogen-bond donors (Lipinski definition) is 1. The number of carbonyl (C=O) groups excluding carboxylic acids is 1. The minimum atomic E-state index is -3.18. The van der Waals surface area contributed by atoms with Crippen LogP contribution in [-0.4, -0.2) is 56.1 Å². The van der Waals surface area contributed by atoms with Crippen LogP contribution in [0.15, 0.2) is 30.3 Å². The zero-order chi connectivity index (χ0) is 21.2. The molecule has 1 N–H and O–H groups in total. The zero-order valence-electron chi connectivity index (χ0n) is 17.7. The highest BCUT2D eigenvalue weighted by molar-refractivity contribution is 7.88. The summed E-state index contributed by atoms with van der Waals surface area (Å²) in [6.45, 7) is 8.50. The Labute approximate surface area is 174 Å². The molecule has 1 saturated heterocycles. The molecule has 0 radical (unpaired) electrons. The number of likely N-dealkylation sites (tertiary alicyclic amines) is 1. The molecule has 0 saturated carbocycles. The number of sulfonamides is 1. The van der Waals surface area contributed by atoms with Crippen LogP contribution in [0.4, 0.5) is 0 Å². The molecule has 1 aliphatic rings. The molecule has 1 aromatic heterocycles. The average Bonchev–Trinajstić information content (AvgIpc) is 2.95. The van der Waals surface area contributed by atoms with Gasteiger partial charge in [0.25, 0.3) is 0 Å². The summed E-state index contributed by atoms with van der Waals surface area (Å²) in [7, 11) is -3.18. The van der Waals surface area contributed by atoms with Gasteiger partial charge < -0.3 is 4.57 Å². The molecular formula is C22H31N3O3S. The zero-order valence-corrected chi connectivity index (χ0v) is 18.6. The molecule has 1 fully saturated rings. The second kappa shape index (κ2) is 8.81. The molecule has 0 bridgehead atoms. The first kappa shape index (κ1) is 21.7. The van der Waals surface area contributed by atoms with Gasteiger partial charge in [0.1, 0.15) is 0 Å². The van der Waals surface area contributed by atoms with Crippen molar-refractivity contribution < 1.29 is 13.2 Å². The van der Waals surface area contributed by atoms with Crippen molar-refractivity contribution in [3.05, 3.63) is 52.8 Å². The molecule has 0 spiro atoms. The Bertz CT molecular complexity index is 977. The molecule has 1 unspecified atom stereocenters. The topological polar surface area (TPSA) is 71.4 Å². The number of aryl methyl sites for hydroxylation is 2. The lowest BCUT2D eigenvalue weighted by molar-refractivity contribution is 0.0887. The summed E-state index contributed by atoms with van der Waals surface area (Å²) in [5.41, 5.74) is 5.04. The number of rotatable bonds is 7. The summed E-state index contributed by atoms with van der Waals surface area (Å²) >= 11 is 0. The van der Waals surface area contributed by atoms with Gasteiger partial charge in [0, 0.05) is 35.7 Å². The number of hydrogen-bond acceptors (Lipinski definition) is 4. The van der Waals surface area contributed by atoms with E-state index in [0.29, 0.717) is 13.1 Å². The highest BCUT2D eigenvalue weighted by Crippen LogP contribution is 2.23. The molecule has 1 atom stereocenters. The van der Waals surface area contributed by atoms with E-state index in [4.69, 9.17) is 0 Å². The van der Waals surface area contributed by atoms with Crippen molar-refractivity contribution in [1.29, 1.82) is 0 Å². The van der Waals surface area contributed by atoms with Crippen LogP contribution < -0.4 is 4.72 Å². The fourth-order valence-corrected chi connectivity index (χ4v) is 4.69. The highest BCUT2D eigenvalue weighted by atomic mass is 32.2. The Morgan fingerprint density at radius 3 is 2.52 bits per heavy atom. The summed E-state index contributed by atoms with van der Waals surface area (Å²) in [6, 6.07) is 10.3. The maximum absolute atomic E-state index is 13.0. The van der Waals surface area contributed by atoms with E-state index >= 15 is 0 Å². The lowest BCUT2D eigenvalue weighted by atomic mass is 9.98. The van der Waals surface area contributed by atoms with E-state index < -0.39 is 10.0 Å². The third-order valence-electron chi connectivity index (χ3n) is 5.63. The van der Waals surface area contributed by atoms with E-state index in [-0.39, 0.29) is 11.7 Å². The molecule has 158 valence electrons. The van der Waals surface area contributed by atoms with Crippen molar-refractivity contribution in [3.63, 3.8) is 0 Å². The molecule has 6 nitrogen and oxygen atoms in total. The predicted octanol–water partition coefficient (Wildman–Crippen LogP) is 2.85. The number of nitrogens with one attached hydrogen (secondary N) is 1. The van der Waals surface area contributed by atoms with Gasteiger partial charge in [0.2, 0.25) is 10.0 Å². The van der Waals surface area contributed by atoms with Gasteiger partial charge in [-0.15, -0.1) is 0 Å². The van der Waals surface area contributed by atoms with Crippen LogP contribution in [0, 0.1) is 26.7 Å². The minimum absolute atomic E-state index is 0.119. The number of carbonyl (C=O) groups is 1. The summed E-state index contributed by atoms with van der Waals surface area (Å²) < 4.78 is 27.4. The van der Waals surface area contributed by atoms with Crippen LogP contribution >= 0.6 is 0 Å². The summed E-state index contributed by atoms with van der Waals surface area (Å²) in [4.78, 5) is 15.2. The van der Waals surface area contributed by atoms with E-state index in [2.05, 4.69) is 45.4 Å². The van der Waals surface area contributed by atoms with Gasteiger partial charge in [0.05, 0.1) is 12.8 Å². The lowest BCUT2D eigenvalue weighted by Crippen LogP contribution is -2.42. The van der Waals surface area contributed by atoms with Crippen molar-refractivity contribution in [2.24, 2.45) is 5.92 Å². The van der Waals surface area contributed by atoms with Crippen molar-refractivity contribution in [2.45, 2.75) is 33.6 Å². The second-order valence-electron chi connectivity index (χ2n) is 8.24.